The Kier molecular flexibility index (Phi) is 8.89. The highest BCUT2D eigenvalue weighted by Gasteiger charge is 2.23. The number of carbonyl (C=O) groups is 1. The second-order valence-electron chi connectivity index (χ2n) is 12.1. The lowest BCUT2D eigenvalue weighted by atomic mass is 9.97. The van der Waals surface area contributed by atoms with Crippen LogP contribution in [0, 0.1) is 6.92 Å². The number of hydrogen-bond acceptors (Lipinski definition) is 8. The van der Waals surface area contributed by atoms with Crippen molar-refractivity contribution in [2.75, 3.05) is 27.3 Å². The summed E-state index contributed by atoms with van der Waals surface area (Å²) in [6.07, 6.45) is 2.94. The third-order valence-corrected chi connectivity index (χ3v) is 8.79. The molecule has 10 heteroatoms. The molecule has 7 rings (SSSR count). The molecule has 48 heavy (non-hydrogen) atoms. The minimum atomic E-state index is -0.407. The number of aromatic nitrogens is 4. The molecule has 3 aromatic carbocycles. The summed E-state index contributed by atoms with van der Waals surface area (Å²) in [6.45, 7) is 4.85. The van der Waals surface area contributed by atoms with E-state index in [9.17, 15) is 4.79 Å². The van der Waals surface area contributed by atoms with Crippen LogP contribution in [0.15, 0.2) is 91.1 Å². The number of pyridine rings is 1. The molecule has 1 saturated heterocycles. The van der Waals surface area contributed by atoms with Crippen molar-refractivity contribution in [2.45, 2.75) is 39.0 Å². The molecule has 0 aliphatic carbocycles. The number of benzene rings is 3. The van der Waals surface area contributed by atoms with Gasteiger partial charge >= 0.3 is 6.09 Å². The zero-order valence-corrected chi connectivity index (χ0v) is 27.3. The fourth-order valence-electron chi connectivity index (χ4n) is 6.28. The summed E-state index contributed by atoms with van der Waals surface area (Å²) in [4.78, 5) is 24.7. The Bertz CT molecular complexity index is 2050. The summed E-state index contributed by atoms with van der Waals surface area (Å²) in [5, 5.41) is 8.45. The van der Waals surface area contributed by atoms with Gasteiger partial charge in [0.1, 0.15) is 6.10 Å². The average molecular weight is 643 g/mol. The quantitative estimate of drug-likeness (QED) is 0.183. The summed E-state index contributed by atoms with van der Waals surface area (Å²) in [6, 6.07) is 28.7. The van der Waals surface area contributed by atoms with Crippen molar-refractivity contribution in [3.05, 3.63) is 108 Å². The van der Waals surface area contributed by atoms with Crippen molar-refractivity contribution < 1.29 is 19.0 Å². The molecule has 244 valence electrons. The van der Waals surface area contributed by atoms with Crippen LogP contribution < -0.4 is 14.8 Å². The fraction of sp³-hybridized carbons (Fsp3) is 0.263. The number of methoxy groups -OCH3 is 2. The summed E-state index contributed by atoms with van der Waals surface area (Å²) >= 11 is 0. The number of carbonyl (C=O) groups excluding carboxylic acids is 1. The van der Waals surface area contributed by atoms with Crippen molar-refractivity contribution in [3.8, 4) is 33.9 Å². The Hall–Kier alpha value is -5.48. The number of alkyl carbamates (subject to hydrolysis) is 1. The molecule has 1 aliphatic rings. The van der Waals surface area contributed by atoms with Gasteiger partial charge in [-0.2, -0.15) is 9.61 Å². The molecule has 0 atom stereocenters. The number of ether oxygens (including phenoxy) is 3. The summed E-state index contributed by atoms with van der Waals surface area (Å²) in [7, 11) is 3.19. The van der Waals surface area contributed by atoms with Gasteiger partial charge in [0.15, 0.2) is 22.8 Å². The number of piperidine rings is 1. The number of nitrogens with zero attached hydrogens (tertiary/aromatic N) is 5. The molecule has 4 heterocycles. The van der Waals surface area contributed by atoms with E-state index < -0.39 is 6.09 Å². The molecule has 0 unspecified atom stereocenters. The van der Waals surface area contributed by atoms with Crippen LogP contribution in [0.1, 0.15) is 29.7 Å². The number of nitrogens with one attached hydrogen (secondary N) is 1. The van der Waals surface area contributed by atoms with E-state index in [1.807, 2.05) is 60.1 Å². The maximum atomic E-state index is 12.5. The van der Waals surface area contributed by atoms with Gasteiger partial charge in [-0.15, -0.1) is 0 Å². The molecule has 3 aromatic heterocycles. The van der Waals surface area contributed by atoms with Crippen LogP contribution in [-0.4, -0.2) is 64.0 Å². The lowest BCUT2D eigenvalue weighted by Gasteiger charge is -2.31. The van der Waals surface area contributed by atoms with E-state index in [4.69, 9.17) is 19.2 Å². The van der Waals surface area contributed by atoms with Gasteiger partial charge in [0, 0.05) is 55.0 Å². The second kappa shape index (κ2) is 13.7. The molecular formula is C38H38N6O4. The topological polar surface area (TPSA) is 103 Å². The van der Waals surface area contributed by atoms with Crippen LogP contribution in [0.3, 0.4) is 0 Å². The molecule has 1 aliphatic heterocycles. The Morgan fingerprint density at radius 3 is 2.38 bits per heavy atom. The van der Waals surface area contributed by atoms with Crippen LogP contribution in [-0.2, 0) is 17.8 Å². The van der Waals surface area contributed by atoms with E-state index in [1.165, 1.54) is 5.56 Å². The lowest BCUT2D eigenvalue weighted by Crippen LogP contribution is -2.39. The molecule has 1 fully saturated rings. The van der Waals surface area contributed by atoms with Gasteiger partial charge in [-0.25, -0.2) is 14.8 Å². The number of hydrogen-bond donors (Lipinski definition) is 1. The standard InChI is InChI=1S/C38H38N6O4/c1-25-19-35-39-23-30-21-32(28-7-5-4-6-8-28)36(41-37(30)44(35)42-25)29-12-9-26(10-13-29)24-43-17-15-31(16-18-43)48-38(45)40-22-27-11-14-33(46-2)34(20-27)47-3/h4-14,19-21,23,31H,15-18,22,24H2,1-3H3,(H,40,45). The van der Waals surface area contributed by atoms with Crippen molar-refractivity contribution in [1.29, 1.82) is 0 Å². The lowest BCUT2D eigenvalue weighted by molar-refractivity contribution is 0.0485. The van der Waals surface area contributed by atoms with E-state index in [-0.39, 0.29) is 6.10 Å². The van der Waals surface area contributed by atoms with Crippen LogP contribution in [0.4, 0.5) is 4.79 Å². The smallest absolute Gasteiger partial charge is 0.407 e. The molecule has 1 N–H and O–H groups in total. The minimum Gasteiger partial charge on any atom is -0.493 e. The highest BCUT2D eigenvalue weighted by molar-refractivity contribution is 5.90. The van der Waals surface area contributed by atoms with Crippen LogP contribution in [0.5, 0.6) is 11.5 Å². The van der Waals surface area contributed by atoms with Crippen LogP contribution in [0.25, 0.3) is 39.1 Å². The molecule has 10 nitrogen and oxygen atoms in total. The van der Waals surface area contributed by atoms with Gasteiger partial charge < -0.3 is 19.5 Å². The first-order chi connectivity index (χ1) is 23.5. The number of aryl methyl sites for hydroxylation is 1. The zero-order chi connectivity index (χ0) is 33.0. The van der Waals surface area contributed by atoms with E-state index in [1.54, 1.807) is 14.2 Å². The first kappa shape index (κ1) is 31.1. The highest BCUT2D eigenvalue weighted by atomic mass is 16.6. The maximum Gasteiger partial charge on any atom is 0.407 e. The predicted molar refractivity (Wildman–Crippen MR) is 185 cm³/mol. The van der Waals surface area contributed by atoms with E-state index in [0.717, 1.165) is 82.8 Å². The Balaban J connectivity index is 0.991. The van der Waals surface area contributed by atoms with E-state index in [2.05, 4.69) is 62.8 Å². The average Bonchev–Trinajstić information content (AvgIpc) is 3.52. The molecule has 0 spiro atoms. The Morgan fingerprint density at radius 1 is 0.875 bits per heavy atom. The third kappa shape index (κ3) is 6.65. The minimum absolute atomic E-state index is 0.107. The molecule has 0 bridgehead atoms. The third-order valence-electron chi connectivity index (χ3n) is 8.79. The normalized spacial score (nSPS) is 13.9. The van der Waals surface area contributed by atoms with E-state index >= 15 is 0 Å². The first-order valence-electron chi connectivity index (χ1n) is 16.2. The van der Waals surface area contributed by atoms with Gasteiger partial charge in [-0.1, -0.05) is 60.7 Å². The van der Waals surface area contributed by atoms with Crippen LogP contribution in [0.2, 0.25) is 0 Å². The number of amides is 1. The molecule has 0 radical (unpaired) electrons. The van der Waals surface area contributed by atoms with Gasteiger partial charge in [-0.05, 0) is 54.7 Å². The summed E-state index contributed by atoms with van der Waals surface area (Å²) in [5.74, 6) is 1.27. The maximum absolute atomic E-state index is 12.5. The van der Waals surface area contributed by atoms with Crippen molar-refractivity contribution in [1.82, 2.24) is 29.8 Å². The predicted octanol–water partition coefficient (Wildman–Crippen LogP) is 6.83. The Labute approximate surface area is 279 Å². The van der Waals surface area contributed by atoms with Gasteiger partial charge in [0.05, 0.1) is 25.6 Å². The molecule has 0 saturated carbocycles. The largest absolute Gasteiger partial charge is 0.493 e. The highest BCUT2D eigenvalue weighted by Crippen LogP contribution is 2.34. The van der Waals surface area contributed by atoms with Crippen LogP contribution >= 0.6 is 0 Å². The summed E-state index contributed by atoms with van der Waals surface area (Å²) < 4.78 is 18.2. The molecule has 1 amide bonds. The van der Waals surface area contributed by atoms with Gasteiger partial charge in [-0.3, -0.25) is 4.90 Å². The number of likely N-dealkylation sites (tertiary alicyclic amines) is 1. The molecular weight excluding hydrogens is 604 g/mol. The van der Waals surface area contributed by atoms with Gasteiger partial charge in [0.25, 0.3) is 0 Å². The van der Waals surface area contributed by atoms with Gasteiger partial charge in [0.2, 0.25) is 0 Å². The fourth-order valence-corrected chi connectivity index (χ4v) is 6.28. The summed E-state index contributed by atoms with van der Waals surface area (Å²) in [5.41, 5.74) is 8.70. The zero-order valence-electron chi connectivity index (χ0n) is 27.3. The number of fused-ring (bicyclic) bond motifs is 3. The Morgan fingerprint density at radius 2 is 1.62 bits per heavy atom. The second-order valence-corrected chi connectivity index (χ2v) is 12.1. The van der Waals surface area contributed by atoms with Crippen molar-refractivity contribution >= 4 is 22.8 Å². The monoisotopic (exact) mass is 642 g/mol. The van der Waals surface area contributed by atoms with Crippen molar-refractivity contribution in [3.63, 3.8) is 0 Å². The first-order valence-corrected chi connectivity index (χ1v) is 16.2. The van der Waals surface area contributed by atoms with E-state index in [0.29, 0.717) is 18.0 Å². The SMILES string of the molecule is COc1ccc(CNC(=O)OC2CCN(Cc3ccc(-c4nc5c(cnc6cc(C)nn65)cc4-c4ccccc4)cc3)CC2)cc1OC. The number of rotatable bonds is 9. The van der Waals surface area contributed by atoms with Crippen molar-refractivity contribution in [2.24, 2.45) is 0 Å². The molecule has 6 aromatic rings.